The maximum atomic E-state index is 13.9. The second kappa shape index (κ2) is 12.6. The van der Waals surface area contributed by atoms with Gasteiger partial charge in [-0.2, -0.15) is 10.2 Å². The summed E-state index contributed by atoms with van der Waals surface area (Å²) in [4.78, 5) is 62.2. The molecule has 51 heavy (non-hydrogen) atoms. The Hall–Kier alpha value is -6.72. The molecule has 18 heteroatoms. The summed E-state index contributed by atoms with van der Waals surface area (Å²) in [5, 5.41) is 14.6. The van der Waals surface area contributed by atoms with Crippen LogP contribution in [0.15, 0.2) is 36.4 Å². The molecule has 0 radical (unpaired) electrons. The van der Waals surface area contributed by atoms with Crippen LogP contribution in [-0.2, 0) is 13.1 Å². The number of hydrogen-bond acceptors (Lipinski definition) is 10. The van der Waals surface area contributed by atoms with E-state index in [-0.39, 0.29) is 70.2 Å². The molecular weight excluding hydrogens is 660 g/mol. The maximum absolute atomic E-state index is 13.9. The number of ether oxygens (including phenoxy) is 2. The standard InChI is InChI=1S/C33H34N12O6/c1-5-42-22(10-16(3)40-42)30(48)38-32-36-20-12-18(28(34)46)14-24-26(20)44(32)45-27-21(13-19(29(35)47)15-25(27)51-9-7-8-50-24)37-33(45)39-31(49)23-11-17(4)41-43(23)6-2/h10-15H,5-9H2,1-4H3,(H2,34,46)(H2,35,47)(H,36,38,48)(H,37,39,49). The smallest absolute Gasteiger partial charge is 0.276 e. The largest absolute Gasteiger partial charge is 0.491 e. The number of amides is 4. The number of hydrogen-bond donors (Lipinski definition) is 4. The number of carbonyl (C=O) groups excluding carboxylic acids is 4. The summed E-state index contributed by atoms with van der Waals surface area (Å²) in [7, 11) is 0. The lowest BCUT2D eigenvalue weighted by Gasteiger charge is -2.18. The quantitative estimate of drug-likeness (QED) is 0.182. The van der Waals surface area contributed by atoms with E-state index in [9.17, 15) is 19.2 Å². The third-order valence-corrected chi connectivity index (χ3v) is 8.28. The number of rotatable bonds is 8. The van der Waals surface area contributed by atoms with Crippen molar-refractivity contribution in [1.29, 1.82) is 0 Å². The van der Waals surface area contributed by atoms with Gasteiger partial charge in [-0.25, -0.2) is 19.3 Å². The first-order chi connectivity index (χ1) is 24.5. The van der Waals surface area contributed by atoms with Crippen molar-refractivity contribution in [1.82, 2.24) is 38.9 Å². The molecule has 1 aliphatic rings. The Morgan fingerprint density at radius 2 is 1.10 bits per heavy atom. The first-order valence-corrected chi connectivity index (χ1v) is 16.2. The summed E-state index contributed by atoms with van der Waals surface area (Å²) < 4.78 is 18.5. The van der Waals surface area contributed by atoms with Gasteiger partial charge in [0.15, 0.2) is 0 Å². The van der Waals surface area contributed by atoms with Crippen LogP contribution in [0.25, 0.3) is 22.1 Å². The van der Waals surface area contributed by atoms with Gasteiger partial charge in [-0.1, -0.05) is 0 Å². The van der Waals surface area contributed by atoms with Gasteiger partial charge in [0.05, 0.1) is 35.6 Å². The molecule has 0 saturated heterocycles. The minimum Gasteiger partial charge on any atom is -0.491 e. The molecule has 0 saturated carbocycles. The van der Waals surface area contributed by atoms with E-state index in [1.807, 2.05) is 13.8 Å². The lowest BCUT2D eigenvalue weighted by Crippen LogP contribution is -2.25. The molecule has 4 amide bonds. The number of carbonyl (C=O) groups is 4. The van der Waals surface area contributed by atoms with Crippen LogP contribution in [-0.4, -0.2) is 75.7 Å². The lowest BCUT2D eigenvalue weighted by molar-refractivity contribution is 0.0991. The van der Waals surface area contributed by atoms with Gasteiger partial charge >= 0.3 is 0 Å². The van der Waals surface area contributed by atoms with Crippen LogP contribution in [0.3, 0.4) is 0 Å². The van der Waals surface area contributed by atoms with Gasteiger partial charge in [-0.3, -0.25) is 39.2 Å². The number of fused-ring (bicyclic) bond motifs is 1. The number of nitrogens with one attached hydrogen (secondary N) is 2. The highest BCUT2D eigenvalue weighted by Crippen LogP contribution is 2.38. The Balaban J connectivity index is 1.55. The topological polar surface area (TPSA) is 234 Å². The first kappa shape index (κ1) is 32.8. The number of anilines is 2. The van der Waals surface area contributed by atoms with Crippen molar-refractivity contribution in [3.05, 3.63) is 70.3 Å². The highest BCUT2D eigenvalue weighted by molar-refractivity contribution is 6.06. The fourth-order valence-electron chi connectivity index (χ4n) is 6.07. The predicted molar refractivity (Wildman–Crippen MR) is 184 cm³/mol. The van der Waals surface area contributed by atoms with Crippen molar-refractivity contribution in [3.63, 3.8) is 0 Å². The average molecular weight is 695 g/mol. The molecule has 0 unspecified atom stereocenters. The van der Waals surface area contributed by atoms with Crippen molar-refractivity contribution >= 4 is 57.6 Å². The van der Waals surface area contributed by atoms with Crippen molar-refractivity contribution in [2.24, 2.45) is 11.5 Å². The number of imidazole rings is 2. The van der Waals surface area contributed by atoms with Crippen LogP contribution in [0.5, 0.6) is 11.5 Å². The van der Waals surface area contributed by atoms with E-state index in [0.29, 0.717) is 41.9 Å². The van der Waals surface area contributed by atoms with Crippen molar-refractivity contribution in [2.75, 3.05) is 23.8 Å². The summed E-state index contributed by atoms with van der Waals surface area (Å²) in [5.41, 5.74) is 14.5. The monoisotopic (exact) mass is 694 g/mol. The molecule has 18 nitrogen and oxygen atoms in total. The van der Waals surface area contributed by atoms with E-state index < -0.39 is 23.6 Å². The number of benzene rings is 2. The van der Waals surface area contributed by atoms with Gasteiger partial charge in [-0.05, 0) is 64.1 Å². The van der Waals surface area contributed by atoms with E-state index in [1.165, 1.54) is 33.6 Å². The number of primary amides is 2. The highest BCUT2D eigenvalue weighted by atomic mass is 16.5. The maximum Gasteiger partial charge on any atom is 0.276 e. The van der Waals surface area contributed by atoms with Crippen LogP contribution in [0.2, 0.25) is 0 Å². The van der Waals surface area contributed by atoms with Crippen molar-refractivity contribution in [2.45, 2.75) is 47.2 Å². The van der Waals surface area contributed by atoms with E-state index in [4.69, 9.17) is 30.9 Å². The molecule has 2 aromatic carbocycles. The Bertz CT molecular complexity index is 2250. The molecule has 262 valence electrons. The van der Waals surface area contributed by atoms with Gasteiger partial charge in [-0.15, -0.1) is 0 Å². The number of nitrogens with two attached hydrogens (primary N) is 2. The molecule has 5 heterocycles. The third-order valence-electron chi connectivity index (χ3n) is 8.28. The molecule has 6 aromatic rings. The summed E-state index contributed by atoms with van der Waals surface area (Å²) >= 11 is 0. The predicted octanol–water partition coefficient (Wildman–Crippen LogP) is 2.61. The minimum absolute atomic E-state index is 0.0450. The Morgan fingerprint density at radius 3 is 1.47 bits per heavy atom. The molecule has 0 aliphatic carbocycles. The van der Waals surface area contributed by atoms with Crippen LogP contribution in [0.4, 0.5) is 11.9 Å². The molecule has 1 aliphatic heterocycles. The Morgan fingerprint density at radius 1 is 0.686 bits per heavy atom. The summed E-state index contributed by atoms with van der Waals surface area (Å²) in [6, 6.07) is 9.19. The molecule has 0 spiro atoms. The third kappa shape index (κ3) is 5.75. The molecule has 7 rings (SSSR count). The molecule has 4 aromatic heterocycles. The van der Waals surface area contributed by atoms with Gasteiger partial charge in [0.1, 0.15) is 33.9 Å². The average Bonchev–Trinajstić information content (AvgIpc) is 3.85. The van der Waals surface area contributed by atoms with Crippen molar-refractivity contribution in [3.8, 4) is 11.5 Å². The number of nitrogens with zero attached hydrogens (tertiary/aromatic N) is 8. The number of aryl methyl sites for hydroxylation is 4. The van der Waals surface area contributed by atoms with Gasteiger partial charge in [0.25, 0.3) is 11.8 Å². The van der Waals surface area contributed by atoms with E-state index in [0.717, 1.165) is 0 Å². The van der Waals surface area contributed by atoms with Crippen LogP contribution in [0, 0.1) is 13.8 Å². The second-order valence-electron chi connectivity index (χ2n) is 11.8. The number of aromatic nitrogens is 8. The van der Waals surface area contributed by atoms with Crippen LogP contribution >= 0.6 is 0 Å². The minimum atomic E-state index is -0.720. The lowest BCUT2D eigenvalue weighted by atomic mass is 10.1. The Kier molecular flexibility index (Phi) is 8.12. The van der Waals surface area contributed by atoms with E-state index in [2.05, 4.69) is 20.8 Å². The molecular formula is C33H34N12O6. The summed E-state index contributed by atoms with van der Waals surface area (Å²) in [6.07, 6.45) is 0.390. The zero-order valence-corrected chi connectivity index (χ0v) is 28.2. The fourth-order valence-corrected chi connectivity index (χ4v) is 6.07. The van der Waals surface area contributed by atoms with E-state index >= 15 is 0 Å². The molecule has 6 N–H and O–H groups in total. The normalized spacial score (nSPS) is 12.6. The van der Waals surface area contributed by atoms with Gasteiger partial charge in [0, 0.05) is 30.6 Å². The highest BCUT2D eigenvalue weighted by Gasteiger charge is 2.29. The van der Waals surface area contributed by atoms with Crippen LogP contribution < -0.4 is 31.6 Å². The van der Waals surface area contributed by atoms with E-state index in [1.54, 1.807) is 35.3 Å². The molecule has 0 fully saturated rings. The van der Waals surface area contributed by atoms with Crippen molar-refractivity contribution < 1.29 is 28.7 Å². The molecule has 0 atom stereocenters. The Labute approximate surface area is 289 Å². The first-order valence-electron chi connectivity index (χ1n) is 16.2. The second-order valence-corrected chi connectivity index (χ2v) is 11.8. The zero-order valence-electron chi connectivity index (χ0n) is 28.2. The van der Waals surface area contributed by atoms with Crippen LogP contribution in [0.1, 0.15) is 73.3 Å². The molecule has 0 bridgehead atoms. The fraction of sp³-hybridized carbons (Fsp3) is 0.273. The zero-order chi connectivity index (χ0) is 36.1. The SMILES string of the molecule is CCn1nc(C)cc1C(=O)Nc1nc2cc(C(N)=O)cc3c2n1-n1c(NC(=O)c2cc(C)nn2CC)nc2cc(C(N)=O)cc(c21)OCCCO3. The summed E-state index contributed by atoms with van der Waals surface area (Å²) in [6.45, 7) is 8.40. The summed E-state index contributed by atoms with van der Waals surface area (Å²) in [5.74, 6) is -2.20. The van der Waals surface area contributed by atoms with Gasteiger partial charge < -0.3 is 20.9 Å². The van der Waals surface area contributed by atoms with Gasteiger partial charge in [0.2, 0.25) is 23.7 Å².